The number of pyridine rings is 1. The van der Waals surface area contributed by atoms with Gasteiger partial charge in [0.25, 0.3) is 0 Å². The zero-order chi connectivity index (χ0) is 9.10. The highest BCUT2D eigenvalue weighted by Gasteiger charge is 1.96. The molecule has 0 fully saturated rings. The van der Waals surface area contributed by atoms with E-state index in [2.05, 4.69) is 9.97 Å². The molecule has 0 bridgehead atoms. The van der Waals surface area contributed by atoms with E-state index in [1.165, 1.54) is 0 Å². The fourth-order valence-corrected chi connectivity index (χ4v) is 1.27. The van der Waals surface area contributed by atoms with Crippen LogP contribution in [0.25, 0.3) is 0 Å². The molecule has 0 aliphatic rings. The molecule has 4 heteroatoms. The third-order valence-electron chi connectivity index (χ3n) is 1.67. The van der Waals surface area contributed by atoms with E-state index < -0.39 is 0 Å². The fraction of sp³-hybridized carbons (Fsp3) is 0.111. The first-order chi connectivity index (χ1) is 6.34. The van der Waals surface area contributed by atoms with Gasteiger partial charge in [0.1, 0.15) is 5.15 Å². The number of aromatic nitrogens is 3. The number of rotatable bonds is 2. The molecule has 0 saturated heterocycles. The van der Waals surface area contributed by atoms with Crippen LogP contribution in [0.2, 0.25) is 5.15 Å². The molecule has 0 aliphatic heterocycles. The summed E-state index contributed by atoms with van der Waals surface area (Å²) >= 11 is 5.67. The summed E-state index contributed by atoms with van der Waals surface area (Å²) in [4.78, 5) is 8.10. The second kappa shape index (κ2) is 3.58. The van der Waals surface area contributed by atoms with Gasteiger partial charge in [0.2, 0.25) is 0 Å². The van der Waals surface area contributed by atoms with Crippen LogP contribution in [0.15, 0.2) is 36.9 Å². The van der Waals surface area contributed by atoms with E-state index in [4.69, 9.17) is 11.6 Å². The van der Waals surface area contributed by atoms with Crippen molar-refractivity contribution in [2.75, 3.05) is 0 Å². The summed E-state index contributed by atoms with van der Waals surface area (Å²) in [5.74, 6) is 0. The van der Waals surface area contributed by atoms with E-state index in [1.807, 2.05) is 22.8 Å². The molecule has 0 aliphatic carbocycles. The van der Waals surface area contributed by atoms with Crippen LogP contribution in [-0.2, 0) is 6.54 Å². The van der Waals surface area contributed by atoms with E-state index >= 15 is 0 Å². The van der Waals surface area contributed by atoms with Crippen molar-refractivity contribution in [3.05, 3.63) is 47.8 Å². The van der Waals surface area contributed by atoms with E-state index in [0.717, 1.165) is 5.69 Å². The topological polar surface area (TPSA) is 30.7 Å². The number of nitrogens with zero attached hydrogens (tertiary/aromatic N) is 3. The Morgan fingerprint density at radius 3 is 2.85 bits per heavy atom. The molecule has 0 radical (unpaired) electrons. The lowest BCUT2D eigenvalue weighted by molar-refractivity contribution is 0.773. The fourth-order valence-electron chi connectivity index (χ4n) is 1.10. The third-order valence-corrected chi connectivity index (χ3v) is 1.87. The maximum Gasteiger partial charge on any atom is 0.146 e. The van der Waals surface area contributed by atoms with Gasteiger partial charge in [-0.2, -0.15) is 0 Å². The van der Waals surface area contributed by atoms with Crippen LogP contribution in [0, 0.1) is 0 Å². The van der Waals surface area contributed by atoms with Crippen molar-refractivity contribution in [2.24, 2.45) is 0 Å². The predicted octanol–water partition coefficient (Wildman–Crippen LogP) is 1.98. The minimum atomic E-state index is 0.510. The molecule has 2 aromatic rings. The average Bonchev–Trinajstić information content (AvgIpc) is 2.53. The first-order valence-electron chi connectivity index (χ1n) is 3.92. The van der Waals surface area contributed by atoms with Crippen LogP contribution in [0.1, 0.15) is 5.69 Å². The molecule has 0 saturated carbocycles. The third kappa shape index (κ3) is 2.06. The molecule has 2 aromatic heterocycles. The van der Waals surface area contributed by atoms with Gasteiger partial charge in [-0.15, -0.1) is 0 Å². The smallest absolute Gasteiger partial charge is 0.146 e. The van der Waals surface area contributed by atoms with Gasteiger partial charge >= 0.3 is 0 Å². The van der Waals surface area contributed by atoms with Gasteiger partial charge in [-0.3, -0.25) is 4.98 Å². The first kappa shape index (κ1) is 8.26. The normalized spacial score (nSPS) is 10.2. The van der Waals surface area contributed by atoms with Gasteiger partial charge in [0.15, 0.2) is 0 Å². The highest BCUT2D eigenvalue weighted by atomic mass is 35.5. The lowest BCUT2D eigenvalue weighted by Gasteiger charge is -1.99. The standard InChI is InChI=1S/C9H8ClN3/c10-9-6-13(7-12-9)5-8-3-1-2-4-11-8/h1-4,6-7H,5H2. The van der Waals surface area contributed by atoms with Gasteiger partial charge in [-0.1, -0.05) is 17.7 Å². The Hall–Kier alpha value is -1.35. The van der Waals surface area contributed by atoms with Gasteiger partial charge in [0.05, 0.1) is 18.6 Å². The summed E-state index contributed by atoms with van der Waals surface area (Å²) in [6, 6.07) is 5.82. The molecule has 2 rings (SSSR count). The van der Waals surface area contributed by atoms with Crippen LogP contribution in [-0.4, -0.2) is 14.5 Å². The van der Waals surface area contributed by atoms with Crippen molar-refractivity contribution in [3.63, 3.8) is 0 Å². The molecule has 0 atom stereocenters. The minimum absolute atomic E-state index is 0.510. The monoisotopic (exact) mass is 193 g/mol. The van der Waals surface area contributed by atoms with Crippen molar-refractivity contribution in [1.29, 1.82) is 0 Å². The summed E-state index contributed by atoms with van der Waals surface area (Å²) in [6.45, 7) is 0.709. The van der Waals surface area contributed by atoms with Crippen LogP contribution in [0.4, 0.5) is 0 Å². The first-order valence-corrected chi connectivity index (χ1v) is 4.29. The molecule has 3 nitrogen and oxygen atoms in total. The van der Waals surface area contributed by atoms with Crippen LogP contribution in [0.3, 0.4) is 0 Å². The van der Waals surface area contributed by atoms with E-state index in [1.54, 1.807) is 18.7 Å². The Morgan fingerprint density at radius 1 is 1.31 bits per heavy atom. The van der Waals surface area contributed by atoms with Crippen molar-refractivity contribution in [1.82, 2.24) is 14.5 Å². The molecule has 13 heavy (non-hydrogen) atoms. The quantitative estimate of drug-likeness (QED) is 0.730. The summed E-state index contributed by atoms with van der Waals surface area (Å²) in [7, 11) is 0. The largest absolute Gasteiger partial charge is 0.330 e. The second-order valence-electron chi connectivity index (χ2n) is 2.69. The summed E-state index contributed by atoms with van der Waals surface area (Å²) in [6.07, 6.45) is 5.24. The second-order valence-corrected chi connectivity index (χ2v) is 3.08. The zero-order valence-corrected chi connectivity index (χ0v) is 7.65. The molecule has 2 heterocycles. The Morgan fingerprint density at radius 2 is 2.23 bits per heavy atom. The summed E-state index contributed by atoms with van der Waals surface area (Å²) < 4.78 is 1.89. The van der Waals surface area contributed by atoms with Gasteiger partial charge in [0, 0.05) is 12.4 Å². The molecule has 0 N–H and O–H groups in total. The van der Waals surface area contributed by atoms with Crippen LogP contribution < -0.4 is 0 Å². The molecule has 0 aromatic carbocycles. The molecular weight excluding hydrogens is 186 g/mol. The predicted molar refractivity (Wildman–Crippen MR) is 50.6 cm³/mol. The SMILES string of the molecule is Clc1cn(Cc2ccccn2)cn1. The van der Waals surface area contributed by atoms with E-state index in [9.17, 15) is 0 Å². The summed E-state index contributed by atoms with van der Waals surface area (Å²) in [5, 5.41) is 0.510. The lowest BCUT2D eigenvalue weighted by atomic mass is 10.3. The molecule has 0 spiro atoms. The van der Waals surface area contributed by atoms with Gasteiger partial charge in [-0.25, -0.2) is 4.98 Å². The van der Waals surface area contributed by atoms with Gasteiger partial charge in [-0.05, 0) is 12.1 Å². The molecular formula is C9H8ClN3. The highest BCUT2D eigenvalue weighted by molar-refractivity contribution is 6.29. The Bertz CT molecular complexity index is 383. The number of hydrogen-bond acceptors (Lipinski definition) is 2. The lowest BCUT2D eigenvalue weighted by Crippen LogP contribution is -1.97. The number of halogens is 1. The van der Waals surface area contributed by atoms with Crippen molar-refractivity contribution in [3.8, 4) is 0 Å². The Kier molecular flexibility index (Phi) is 2.27. The summed E-state index contributed by atoms with van der Waals surface area (Å²) in [5.41, 5.74) is 0.997. The molecule has 0 amide bonds. The van der Waals surface area contributed by atoms with Crippen LogP contribution >= 0.6 is 11.6 Å². The van der Waals surface area contributed by atoms with E-state index in [0.29, 0.717) is 11.7 Å². The number of hydrogen-bond donors (Lipinski definition) is 0. The maximum atomic E-state index is 5.67. The Labute approximate surface area is 81.0 Å². The van der Waals surface area contributed by atoms with Crippen molar-refractivity contribution in [2.45, 2.75) is 6.54 Å². The van der Waals surface area contributed by atoms with Crippen LogP contribution in [0.5, 0.6) is 0 Å². The number of imidazole rings is 1. The van der Waals surface area contributed by atoms with Crippen molar-refractivity contribution < 1.29 is 0 Å². The van der Waals surface area contributed by atoms with E-state index in [-0.39, 0.29) is 0 Å². The molecule has 0 unspecified atom stereocenters. The zero-order valence-electron chi connectivity index (χ0n) is 6.89. The minimum Gasteiger partial charge on any atom is -0.330 e. The Balaban J connectivity index is 2.15. The average molecular weight is 194 g/mol. The van der Waals surface area contributed by atoms with Gasteiger partial charge < -0.3 is 4.57 Å². The van der Waals surface area contributed by atoms with Crippen molar-refractivity contribution >= 4 is 11.6 Å². The highest BCUT2D eigenvalue weighted by Crippen LogP contribution is 2.04. The maximum absolute atomic E-state index is 5.67. The molecule has 66 valence electrons.